The Hall–Kier alpha value is -1.45. The maximum absolute atomic E-state index is 4.17. The number of rotatable bonds is 2. The van der Waals surface area contributed by atoms with Crippen molar-refractivity contribution in [3.63, 3.8) is 0 Å². The highest BCUT2D eigenvalue weighted by Gasteiger charge is 2.13. The fraction of sp³-hybridized carbons (Fsp3) is 0.500. The van der Waals surface area contributed by atoms with Crippen molar-refractivity contribution in [2.75, 3.05) is 26.2 Å². The first kappa shape index (κ1) is 15.9. The van der Waals surface area contributed by atoms with Gasteiger partial charge in [0, 0.05) is 44.0 Å². The maximum Gasteiger partial charge on any atom is 0.0346 e. The molecule has 0 amide bonds. The van der Waals surface area contributed by atoms with Crippen LogP contribution in [0.5, 0.6) is 0 Å². The van der Waals surface area contributed by atoms with Crippen molar-refractivity contribution in [2.24, 2.45) is 5.92 Å². The fourth-order valence-electron chi connectivity index (χ4n) is 2.97. The van der Waals surface area contributed by atoms with E-state index in [1.165, 1.54) is 29.3 Å². The predicted octanol–water partition coefficient (Wildman–Crippen LogP) is 3.30. The topological polar surface area (TPSA) is 28.2 Å². The van der Waals surface area contributed by atoms with Crippen molar-refractivity contribution in [1.82, 2.24) is 15.2 Å². The van der Waals surface area contributed by atoms with Crippen molar-refractivity contribution < 1.29 is 0 Å². The Labute approximate surface area is 128 Å². The van der Waals surface area contributed by atoms with Gasteiger partial charge in [0.1, 0.15) is 0 Å². The molecule has 2 heterocycles. The van der Waals surface area contributed by atoms with E-state index in [1.54, 1.807) is 0 Å². The van der Waals surface area contributed by atoms with Crippen LogP contribution in [-0.4, -0.2) is 36.1 Å². The van der Waals surface area contributed by atoms with Gasteiger partial charge >= 0.3 is 0 Å². The van der Waals surface area contributed by atoms with Gasteiger partial charge in [0.25, 0.3) is 0 Å². The summed E-state index contributed by atoms with van der Waals surface area (Å²) in [4.78, 5) is 6.74. The summed E-state index contributed by atoms with van der Waals surface area (Å²) in [6, 6.07) is 8.81. The Bertz CT molecular complexity index is 567. The van der Waals surface area contributed by atoms with E-state index in [9.17, 15) is 0 Å². The van der Waals surface area contributed by atoms with E-state index in [4.69, 9.17) is 0 Å². The molecule has 0 aliphatic carbocycles. The normalized spacial score (nSPS) is 20.5. The molecule has 0 radical (unpaired) electrons. The average Bonchev–Trinajstić information content (AvgIpc) is 2.44. The van der Waals surface area contributed by atoms with Crippen LogP contribution in [0.1, 0.15) is 26.3 Å². The van der Waals surface area contributed by atoms with Crippen LogP contribution in [0, 0.1) is 5.92 Å². The highest BCUT2D eigenvalue weighted by Crippen LogP contribution is 2.17. The summed E-state index contributed by atoms with van der Waals surface area (Å²) in [5.41, 5.74) is 1.40. The monoisotopic (exact) mass is 285 g/mol. The smallest absolute Gasteiger partial charge is 0.0346 e. The highest BCUT2D eigenvalue weighted by molar-refractivity contribution is 5.81. The Morgan fingerprint density at radius 3 is 3.05 bits per heavy atom. The minimum Gasteiger partial charge on any atom is -0.315 e. The lowest BCUT2D eigenvalue weighted by Gasteiger charge is -2.28. The van der Waals surface area contributed by atoms with Gasteiger partial charge in [0.2, 0.25) is 0 Å². The molecule has 2 aromatic rings. The molecule has 0 spiro atoms. The first-order valence-electron chi connectivity index (χ1n) is 7.57. The molecule has 1 aliphatic rings. The first-order chi connectivity index (χ1) is 9.81. The van der Waals surface area contributed by atoms with E-state index in [0.29, 0.717) is 0 Å². The van der Waals surface area contributed by atoms with Crippen LogP contribution in [-0.2, 0) is 6.54 Å². The quantitative estimate of drug-likeness (QED) is 0.917. The lowest BCUT2D eigenvalue weighted by atomic mass is 10.0. The second kappa shape index (κ2) is 7.53. The molecule has 1 saturated heterocycles. The zero-order chi connectivity index (χ0) is 13.8. The largest absolute Gasteiger partial charge is 0.315 e. The van der Waals surface area contributed by atoms with Crippen LogP contribution in [0.15, 0.2) is 36.7 Å². The van der Waals surface area contributed by atoms with Crippen LogP contribution >= 0.6 is 0 Å². The van der Waals surface area contributed by atoms with Gasteiger partial charge < -0.3 is 5.32 Å². The number of aromatic nitrogens is 1. The van der Waals surface area contributed by atoms with E-state index < -0.39 is 0 Å². The second-order valence-electron chi connectivity index (χ2n) is 5.94. The first-order valence-corrected chi connectivity index (χ1v) is 7.57. The minimum atomic E-state index is 0. The number of hydrogen-bond acceptors (Lipinski definition) is 3. The molecule has 21 heavy (non-hydrogen) atoms. The highest BCUT2D eigenvalue weighted by atomic mass is 15.1. The van der Waals surface area contributed by atoms with E-state index in [0.717, 1.165) is 32.1 Å². The van der Waals surface area contributed by atoms with Gasteiger partial charge in [-0.1, -0.05) is 26.5 Å². The molecule has 1 aromatic carbocycles. The molecule has 0 saturated carbocycles. The Morgan fingerprint density at radius 1 is 1.24 bits per heavy atom. The molecule has 1 fully saturated rings. The molecule has 1 atom stereocenters. The second-order valence-corrected chi connectivity index (χ2v) is 5.94. The molecule has 3 rings (SSSR count). The zero-order valence-corrected chi connectivity index (χ0v) is 12.2. The van der Waals surface area contributed by atoms with E-state index in [-0.39, 0.29) is 7.43 Å². The van der Waals surface area contributed by atoms with Gasteiger partial charge in [-0.3, -0.25) is 9.88 Å². The predicted molar refractivity (Wildman–Crippen MR) is 90.4 cm³/mol. The minimum absolute atomic E-state index is 0. The van der Waals surface area contributed by atoms with E-state index in [1.807, 2.05) is 12.4 Å². The Balaban J connectivity index is 0.00000161. The van der Waals surface area contributed by atoms with E-state index >= 15 is 0 Å². The van der Waals surface area contributed by atoms with Crippen molar-refractivity contribution >= 4 is 10.8 Å². The number of fused-ring (bicyclic) bond motifs is 1. The number of nitrogens with zero attached hydrogens (tertiary/aromatic N) is 2. The zero-order valence-electron chi connectivity index (χ0n) is 12.2. The summed E-state index contributed by atoms with van der Waals surface area (Å²) in [5, 5.41) is 6.02. The summed E-state index contributed by atoms with van der Waals surface area (Å²) < 4.78 is 0. The summed E-state index contributed by atoms with van der Waals surface area (Å²) in [6.45, 7) is 8.01. The van der Waals surface area contributed by atoms with Crippen LogP contribution in [0.2, 0.25) is 0 Å². The number of benzene rings is 1. The maximum atomic E-state index is 4.17. The van der Waals surface area contributed by atoms with Crippen LogP contribution < -0.4 is 5.32 Å². The summed E-state index contributed by atoms with van der Waals surface area (Å²) in [5.74, 6) is 0.771. The van der Waals surface area contributed by atoms with Crippen LogP contribution in [0.3, 0.4) is 0 Å². The van der Waals surface area contributed by atoms with Gasteiger partial charge in [-0.05, 0) is 42.0 Å². The lowest BCUT2D eigenvalue weighted by molar-refractivity contribution is 0.209. The van der Waals surface area contributed by atoms with Crippen LogP contribution in [0.4, 0.5) is 0 Å². The third-order valence-electron chi connectivity index (χ3n) is 4.10. The molecule has 3 heteroatoms. The SMILES string of the molecule is C.C[C@@H]1CCNCCN(Cc2ccc3cnccc3c2)C1. The van der Waals surface area contributed by atoms with Crippen molar-refractivity contribution in [1.29, 1.82) is 0 Å². The molecule has 1 aliphatic heterocycles. The summed E-state index contributed by atoms with van der Waals surface area (Å²) in [6.07, 6.45) is 5.08. The molecular formula is C18H27N3. The fourth-order valence-corrected chi connectivity index (χ4v) is 2.97. The average molecular weight is 285 g/mol. The van der Waals surface area contributed by atoms with E-state index in [2.05, 4.69) is 46.4 Å². The number of pyridine rings is 1. The molecule has 0 bridgehead atoms. The van der Waals surface area contributed by atoms with Crippen molar-refractivity contribution in [2.45, 2.75) is 27.3 Å². The van der Waals surface area contributed by atoms with Gasteiger partial charge in [-0.25, -0.2) is 0 Å². The third-order valence-corrected chi connectivity index (χ3v) is 4.10. The van der Waals surface area contributed by atoms with Gasteiger partial charge in [-0.15, -0.1) is 0 Å². The van der Waals surface area contributed by atoms with Crippen molar-refractivity contribution in [3.05, 3.63) is 42.2 Å². The molecule has 1 aromatic heterocycles. The molecule has 3 nitrogen and oxygen atoms in total. The van der Waals surface area contributed by atoms with Gasteiger partial charge in [0.05, 0.1) is 0 Å². The summed E-state index contributed by atoms with van der Waals surface area (Å²) in [7, 11) is 0. The standard InChI is InChI=1S/C17H23N3.CH4/c1-14-4-6-18-8-9-20(12-14)13-15-2-3-17-11-19-7-5-16(17)10-15;/h2-3,5,7,10-11,14,18H,4,6,8-9,12-13H2,1H3;1H4/t14-;/m1./s1. The molecule has 0 unspecified atom stereocenters. The molecule has 1 N–H and O–H groups in total. The van der Waals surface area contributed by atoms with Crippen LogP contribution in [0.25, 0.3) is 10.8 Å². The lowest BCUT2D eigenvalue weighted by Crippen LogP contribution is -2.38. The summed E-state index contributed by atoms with van der Waals surface area (Å²) >= 11 is 0. The molecule has 114 valence electrons. The number of hydrogen-bond donors (Lipinski definition) is 1. The van der Waals surface area contributed by atoms with Gasteiger partial charge in [-0.2, -0.15) is 0 Å². The van der Waals surface area contributed by atoms with Crippen molar-refractivity contribution in [3.8, 4) is 0 Å². The number of nitrogens with one attached hydrogen (secondary N) is 1. The Kier molecular flexibility index (Phi) is 5.71. The van der Waals surface area contributed by atoms with Gasteiger partial charge in [0.15, 0.2) is 0 Å². The third kappa shape index (κ3) is 4.26. The Morgan fingerprint density at radius 2 is 2.14 bits per heavy atom. The molecular weight excluding hydrogens is 258 g/mol.